The zero-order valence-corrected chi connectivity index (χ0v) is 7.81. The third-order valence-electron chi connectivity index (χ3n) is 0.999. The molecule has 0 N–H and O–H groups in total. The van der Waals surface area contributed by atoms with Crippen LogP contribution in [0.1, 0.15) is 12.8 Å². The van der Waals surface area contributed by atoms with Gasteiger partial charge in [-0.05, 0) is 0 Å². The predicted octanol–water partition coefficient (Wildman–Crippen LogP) is 3.29. The summed E-state index contributed by atoms with van der Waals surface area (Å²) in [6.45, 7) is 7.05. The molecule has 0 spiro atoms. The lowest BCUT2D eigenvalue weighted by Gasteiger charge is -2.12. The van der Waals surface area contributed by atoms with E-state index in [4.69, 9.17) is 27.9 Å². The lowest BCUT2D eigenvalue weighted by molar-refractivity contribution is 0.0857. The summed E-state index contributed by atoms with van der Waals surface area (Å²) < 4.78 is 5.12. The first-order valence-electron chi connectivity index (χ1n) is 3.36. The Kier molecular flexibility index (Phi) is 6.73. The third kappa shape index (κ3) is 6.42. The van der Waals surface area contributed by atoms with Crippen LogP contribution in [-0.4, -0.2) is 11.1 Å². The van der Waals surface area contributed by atoms with Crippen molar-refractivity contribution in [3.63, 3.8) is 0 Å². The highest BCUT2D eigenvalue weighted by atomic mass is 35.5. The van der Waals surface area contributed by atoms with Crippen LogP contribution in [-0.2, 0) is 4.74 Å². The molecule has 0 saturated carbocycles. The molecule has 64 valence electrons. The van der Waals surface area contributed by atoms with Gasteiger partial charge in [-0.25, -0.2) is 0 Å². The van der Waals surface area contributed by atoms with E-state index in [1.807, 2.05) is 0 Å². The van der Waals surface area contributed by atoms with Crippen LogP contribution in [0, 0.1) is 0 Å². The van der Waals surface area contributed by atoms with Crippen molar-refractivity contribution in [2.75, 3.05) is 0 Å². The summed E-state index contributed by atoms with van der Waals surface area (Å²) in [7, 11) is 0. The zero-order chi connectivity index (χ0) is 8.69. The van der Waals surface area contributed by atoms with Gasteiger partial charge in [0.25, 0.3) is 0 Å². The van der Waals surface area contributed by atoms with Gasteiger partial charge in [0.05, 0.1) is 0 Å². The van der Waals surface area contributed by atoms with E-state index in [2.05, 4.69) is 13.2 Å². The maximum absolute atomic E-state index is 5.70. The molecule has 0 aliphatic carbocycles. The highest BCUT2D eigenvalue weighted by Gasteiger charge is 2.08. The van der Waals surface area contributed by atoms with Crippen molar-refractivity contribution in [1.82, 2.24) is 0 Å². The Morgan fingerprint density at radius 3 is 1.73 bits per heavy atom. The summed E-state index contributed by atoms with van der Waals surface area (Å²) in [4.78, 5) is 0. The molecule has 0 radical (unpaired) electrons. The molecule has 0 aromatic carbocycles. The number of alkyl halides is 2. The molecule has 2 unspecified atom stereocenters. The molecule has 0 amide bonds. The first-order valence-corrected chi connectivity index (χ1v) is 4.23. The maximum Gasteiger partial charge on any atom is 0.136 e. The van der Waals surface area contributed by atoms with Crippen LogP contribution in [0.3, 0.4) is 0 Å². The summed E-state index contributed by atoms with van der Waals surface area (Å²) in [5, 5.41) is 0. The van der Waals surface area contributed by atoms with Gasteiger partial charge in [0, 0.05) is 12.8 Å². The molecule has 3 heteroatoms. The first-order chi connectivity index (χ1) is 5.20. The quantitative estimate of drug-likeness (QED) is 0.466. The largest absolute Gasteiger partial charge is 0.343 e. The van der Waals surface area contributed by atoms with Crippen molar-refractivity contribution in [3.8, 4) is 0 Å². The van der Waals surface area contributed by atoms with Crippen LogP contribution in [0.5, 0.6) is 0 Å². The standard InChI is InChI=1S/C8H12Cl2O/c1-3-5-7(9)11-8(10)6-4-2/h3-4,7-8H,1-2,5-6H2. The third-order valence-corrected chi connectivity index (χ3v) is 1.56. The lowest BCUT2D eigenvalue weighted by atomic mass is 10.4. The molecule has 0 saturated heterocycles. The Morgan fingerprint density at radius 1 is 1.09 bits per heavy atom. The number of halogens is 2. The molecule has 0 fully saturated rings. The number of hydrogen-bond donors (Lipinski definition) is 0. The van der Waals surface area contributed by atoms with Crippen molar-refractivity contribution in [2.24, 2.45) is 0 Å². The van der Waals surface area contributed by atoms with Crippen molar-refractivity contribution in [3.05, 3.63) is 25.3 Å². The van der Waals surface area contributed by atoms with Gasteiger partial charge in [-0.1, -0.05) is 35.4 Å². The van der Waals surface area contributed by atoms with Crippen LogP contribution in [0.25, 0.3) is 0 Å². The minimum Gasteiger partial charge on any atom is -0.343 e. The van der Waals surface area contributed by atoms with Gasteiger partial charge >= 0.3 is 0 Å². The average Bonchev–Trinajstić information content (AvgIpc) is 1.87. The van der Waals surface area contributed by atoms with E-state index in [1.165, 1.54) is 0 Å². The molecule has 0 aromatic rings. The second-order valence-electron chi connectivity index (χ2n) is 2.00. The smallest absolute Gasteiger partial charge is 0.136 e. The summed E-state index contributed by atoms with van der Waals surface area (Å²) >= 11 is 11.4. The Balaban J connectivity index is 3.46. The molecular weight excluding hydrogens is 183 g/mol. The van der Waals surface area contributed by atoms with Crippen LogP contribution in [0.4, 0.5) is 0 Å². The predicted molar refractivity (Wildman–Crippen MR) is 50.0 cm³/mol. The first kappa shape index (κ1) is 11.0. The van der Waals surface area contributed by atoms with Crippen LogP contribution >= 0.6 is 23.2 Å². The number of ether oxygens (including phenoxy) is 1. The van der Waals surface area contributed by atoms with E-state index in [0.29, 0.717) is 12.8 Å². The molecule has 0 aliphatic rings. The van der Waals surface area contributed by atoms with Crippen LogP contribution in [0.2, 0.25) is 0 Å². The van der Waals surface area contributed by atoms with Crippen molar-refractivity contribution in [1.29, 1.82) is 0 Å². The fourth-order valence-electron chi connectivity index (χ4n) is 0.533. The van der Waals surface area contributed by atoms with Crippen LogP contribution < -0.4 is 0 Å². The summed E-state index contributed by atoms with van der Waals surface area (Å²) in [5.74, 6) is 0. The van der Waals surface area contributed by atoms with Crippen molar-refractivity contribution < 1.29 is 4.74 Å². The minimum atomic E-state index is -0.380. The fourth-order valence-corrected chi connectivity index (χ4v) is 1.09. The summed E-state index contributed by atoms with van der Waals surface area (Å²) in [6, 6.07) is 0. The van der Waals surface area contributed by atoms with Gasteiger partial charge in [0.15, 0.2) is 0 Å². The Morgan fingerprint density at radius 2 is 1.45 bits per heavy atom. The van der Waals surface area contributed by atoms with E-state index in [-0.39, 0.29) is 11.1 Å². The van der Waals surface area contributed by atoms with Gasteiger partial charge in [-0.15, -0.1) is 13.2 Å². The van der Waals surface area contributed by atoms with E-state index in [9.17, 15) is 0 Å². The minimum absolute atomic E-state index is 0.380. The molecule has 0 bridgehead atoms. The van der Waals surface area contributed by atoms with Crippen molar-refractivity contribution in [2.45, 2.75) is 24.0 Å². The Labute approximate surface area is 77.6 Å². The fraction of sp³-hybridized carbons (Fsp3) is 0.500. The summed E-state index contributed by atoms with van der Waals surface area (Å²) in [6.07, 6.45) is 4.58. The normalized spacial score (nSPS) is 15.5. The van der Waals surface area contributed by atoms with Gasteiger partial charge in [0.2, 0.25) is 0 Å². The highest BCUT2D eigenvalue weighted by Crippen LogP contribution is 2.13. The summed E-state index contributed by atoms with van der Waals surface area (Å²) in [5.41, 5.74) is -0.759. The molecule has 0 aromatic heterocycles. The molecule has 0 heterocycles. The van der Waals surface area contributed by atoms with Gasteiger partial charge < -0.3 is 4.74 Å². The SMILES string of the molecule is C=CCC(Cl)OC(Cl)CC=C. The molecule has 2 atom stereocenters. The molecule has 11 heavy (non-hydrogen) atoms. The van der Waals surface area contributed by atoms with E-state index in [0.717, 1.165) is 0 Å². The second kappa shape index (κ2) is 6.71. The van der Waals surface area contributed by atoms with Gasteiger partial charge in [-0.3, -0.25) is 0 Å². The molecular formula is C8H12Cl2O. The maximum atomic E-state index is 5.70. The zero-order valence-electron chi connectivity index (χ0n) is 6.30. The lowest BCUT2D eigenvalue weighted by Crippen LogP contribution is -2.11. The Bertz CT molecular complexity index is 111. The topological polar surface area (TPSA) is 9.23 Å². The van der Waals surface area contributed by atoms with Gasteiger partial charge in [0.1, 0.15) is 11.1 Å². The molecule has 0 aliphatic heterocycles. The molecule has 1 nitrogen and oxygen atoms in total. The van der Waals surface area contributed by atoms with E-state index < -0.39 is 0 Å². The Hall–Kier alpha value is 0.0200. The highest BCUT2D eigenvalue weighted by molar-refractivity contribution is 6.21. The number of hydrogen-bond acceptors (Lipinski definition) is 1. The number of rotatable bonds is 6. The van der Waals surface area contributed by atoms with Crippen LogP contribution in [0.15, 0.2) is 25.3 Å². The second-order valence-corrected chi connectivity index (χ2v) is 2.98. The molecule has 0 rings (SSSR count). The van der Waals surface area contributed by atoms with Gasteiger partial charge in [-0.2, -0.15) is 0 Å². The van der Waals surface area contributed by atoms with E-state index in [1.54, 1.807) is 12.2 Å². The average molecular weight is 195 g/mol. The van der Waals surface area contributed by atoms with Crippen molar-refractivity contribution >= 4 is 23.2 Å². The monoisotopic (exact) mass is 194 g/mol. The van der Waals surface area contributed by atoms with E-state index >= 15 is 0 Å².